The minimum Gasteiger partial charge on any atom is -0.392 e. The number of piperidine rings is 1. The lowest BCUT2D eigenvalue weighted by Crippen LogP contribution is -2.34. The Balaban J connectivity index is 1.40. The number of pyridine rings is 1. The Bertz CT molecular complexity index is 913. The van der Waals surface area contributed by atoms with Gasteiger partial charge in [0.15, 0.2) is 0 Å². The number of rotatable bonds is 5. The lowest BCUT2D eigenvalue weighted by Gasteiger charge is -2.32. The van der Waals surface area contributed by atoms with E-state index in [1.807, 2.05) is 12.1 Å². The van der Waals surface area contributed by atoms with Gasteiger partial charge in [0.1, 0.15) is 0 Å². The van der Waals surface area contributed by atoms with E-state index in [1.165, 1.54) is 29.4 Å². The molecule has 0 saturated carbocycles. The first kappa shape index (κ1) is 18.1. The molecule has 0 spiro atoms. The molecule has 2 aromatic carbocycles. The second kappa shape index (κ2) is 8.20. The average molecular weight is 361 g/mol. The molecule has 0 unspecified atom stereocenters. The van der Waals surface area contributed by atoms with Crippen LogP contribution < -0.4 is 0 Å². The Kier molecular flexibility index (Phi) is 5.51. The molecule has 27 heavy (non-hydrogen) atoms. The monoisotopic (exact) mass is 360 g/mol. The van der Waals surface area contributed by atoms with Crippen molar-refractivity contribution in [1.29, 1.82) is 0 Å². The molecule has 1 fully saturated rings. The zero-order chi connectivity index (χ0) is 18.6. The third-order valence-corrected chi connectivity index (χ3v) is 5.83. The SMILES string of the molecule is Cc1cc(CN2CCC(Cc3ccccc3CO)CC2)c2ccccc2n1. The van der Waals surface area contributed by atoms with E-state index in [0.717, 1.165) is 42.8 Å². The van der Waals surface area contributed by atoms with E-state index in [4.69, 9.17) is 0 Å². The molecule has 3 nitrogen and oxygen atoms in total. The number of aryl methyl sites for hydroxylation is 1. The average Bonchev–Trinajstić information content (AvgIpc) is 2.70. The highest BCUT2D eigenvalue weighted by atomic mass is 16.3. The van der Waals surface area contributed by atoms with Crippen molar-refractivity contribution < 1.29 is 5.11 Å². The molecular weight excluding hydrogens is 332 g/mol. The van der Waals surface area contributed by atoms with Crippen LogP contribution >= 0.6 is 0 Å². The summed E-state index contributed by atoms with van der Waals surface area (Å²) >= 11 is 0. The Hall–Kier alpha value is -2.23. The van der Waals surface area contributed by atoms with Gasteiger partial charge in [0, 0.05) is 17.6 Å². The van der Waals surface area contributed by atoms with Crippen molar-refractivity contribution in [2.75, 3.05) is 13.1 Å². The number of nitrogens with zero attached hydrogens (tertiary/aromatic N) is 2. The van der Waals surface area contributed by atoms with Crippen LogP contribution in [0.25, 0.3) is 10.9 Å². The number of aromatic nitrogens is 1. The second-order valence-electron chi connectivity index (χ2n) is 7.79. The summed E-state index contributed by atoms with van der Waals surface area (Å²) in [6, 6.07) is 19.0. The van der Waals surface area contributed by atoms with Gasteiger partial charge in [0.25, 0.3) is 0 Å². The molecule has 0 bridgehead atoms. The molecule has 1 aromatic heterocycles. The van der Waals surface area contributed by atoms with Crippen LogP contribution in [0.4, 0.5) is 0 Å². The van der Waals surface area contributed by atoms with Crippen LogP contribution in [0.5, 0.6) is 0 Å². The molecule has 3 heteroatoms. The zero-order valence-corrected chi connectivity index (χ0v) is 16.1. The van der Waals surface area contributed by atoms with Crippen molar-refractivity contribution in [3.63, 3.8) is 0 Å². The van der Waals surface area contributed by atoms with E-state index in [-0.39, 0.29) is 6.61 Å². The number of aliphatic hydroxyl groups is 1. The smallest absolute Gasteiger partial charge is 0.0708 e. The van der Waals surface area contributed by atoms with Crippen molar-refractivity contribution in [2.45, 2.75) is 39.3 Å². The third kappa shape index (κ3) is 4.20. The summed E-state index contributed by atoms with van der Waals surface area (Å²) < 4.78 is 0. The normalized spacial score (nSPS) is 16.1. The first-order valence-corrected chi connectivity index (χ1v) is 9.98. The maximum atomic E-state index is 9.55. The fourth-order valence-electron chi connectivity index (χ4n) is 4.34. The molecule has 140 valence electrons. The summed E-state index contributed by atoms with van der Waals surface area (Å²) in [5, 5.41) is 10.8. The lowest BCUT2D eigenvalue weighted by atomic mass is 9.88. The Morgan fingerprint density at radius 1 is 0.963 bits per heavy atom. The maximum Gasteiger partial charge on any atom is 0.0708 e. The van der Waals surface area contributed by atoms with E-state index < -0.39 is 0 Å². The Morgan fingerprint density at radius 3 is 2.44 bits per heavy atom. The third-order valence-electron chi connectivity index (χ3n) is 5.83. The molecule has 0 radical (unpaired) electrons. The van der Waals surface area contributed by atoms with Gasteiger partial charge in [-0.15, -0.1) is 0 Å². The van der Waals surface area contributed by atoms with Crippen LogP contribution in [0.2, 0.25) is 0 Å². The second-order valence-corrected chi connectivity index (χ2v) is 7.79. The summed E-state index contributed by atoms with van der Waals surface area (Å²) in [7, 11) is 0. The Labute approximate surface area is 161 Å². The quantitative estimate of drug-likeness (QED) is 0.728. The lowest BCUT2D eigenvalue weighted by molar-refractivity contribution is 0.177. The molecular formula is C24H28N2O. The predicted molar refractivity (Wildman–Crippen MR) is 111 cm³/mol. The first-order valence-electron chi connectivity index (χ1n) is 9.98. The number of likely N-dealkylation sites (tertiary alicyclic amines) is 1. The van der Waals surface area contributed by atoms with Gasteiger partial charge in [-0.3, -0.25) is 9.88 Å². The van der Waals surface area contributed by atoms with E-state index in [1.54, 1.807) is 0 Å². The summed E-state index contributed by atoms with van der Waals surface area (Å²) in [6.45, 7) is 5.51. The van der Waals surface area contributed by atoms with E-state index in [0.29, 0.717) is 5.92 Å². The van der Waals surface area contributed by atoms with Crippen LogP contribution in [0, 0.1) is 12.8 Å². The number of hydrogen-bond acceptors (Lipinski definition) is 3. The van der Waals surface area contributed by atoms with Gasteiger partial charge in [-0.25, -0.2) is 0 Å². The number of benzene rings is 2. The summed E-state index contributed by atoms with van der Waals surface area (Å²) in [5.41, 5.74) is 5.98. The maximum absolute atomic E-state index is 9.55. The minimum atomic E-state index is 0.142. The fourth-order valence-corrected chi connectivity index (χ4v) is 4.34. The van der Waals surface area contributed by atoms with Gasteiger partial charge in [0.2, 0.25) is 0 Å². The highest BCUT2D eigenvalue weighted by Gasteiger charge is 2.21. The van der Waals surface area contributed by atoms with Crippen LogP contribution in [-0.2, 0) is 19.6 Å². The molecule has 1 aliphatic heterocycles. The molecule has 2 heterocycles. The van der Waals surface area contributed by atoms with Crippen molar-refractivity contribution >= 4 is 10.9 Å². The van der Waals surface area contributed by atoms with Crippen LogP contribution in [0.3, 0.4) is 0 Å². The van der Waals surface area contributed by atoms with E-state index in [2.05, 4.69) is 59.3 Å². The summed E-state index contributed by atoms with van der Waals surface area (Å²) in [6.07, 6.45) is 3.53. The van der Waals surface area contributed by atoms with Gasteiger partial charge in [0.05, 0.1) is 12.1 Å². The molecule has 0 atom stereocenters. The van der Waals surface area contributed by atoms with Gasteiger partial charge in [-0.05, 0) is 74.0 Å². The van der Waals surface area contributed by atoms with E-state index in [9.17, 15) is 5.11 Å². The van der Waals surface area contributed by atoms with Gasteiger partial charge < -0.3 is 5.11 Å². The van der Waals surface area contributed by atoms with Gasteiger partial charge >= 0.3 is 0 Å². The molecule has 0 amide bonds. The van der Waals surface area contributed by atoms with Crippen LogP contribution in [0.15, 0.2) is 54.6 Å². The number of fused-ring (bicyclic) bond motifs is 1. The first-order chi connectivity index (χ1) is 13.2. The van der Waals surface area contributed by atoms with Crippen molar-refractivity contribution in [3.8, 4) is 0 Å². The number of aliphatic hydroxyl groups excluding tert-OH is 1. The largest absolute Gasteiger partial charge is 0.392 e. The standard InChI is InChI=1S/C24H28N2O/c1-18-14-22(23-8-4-5-9-24(23)25-18)16-26-12-10-19(11-13-26)15-20-6-2-3-7-21(20)17-27/h2-9,14,19,27H,10-13,15-17H2,1H3. The molecule has 4 rings (SSSR count). The number of hydrogen-bond donors (Lipinski definition) is 1. The van der Waals surface area contributed by atoms with Crippen LogP contribution in [-0.4, -0.2) is 28.1 Å². The van der Waals surface area contributed by atoms with Crippen molar-refractivity contribution in [1.82, 2.24) is 9.88 Å². The predicted octanol–water partition coefficient (Wildman–Crippen LogP) is 4.49. The van der Waals surface area contributed by atoms with Crippen molar-refractivity contribution in [3.05, 3.63) is 77.0 Å². The molecule has 3 aromatic rings. The van der Waals surface area contributed by atoms with Gasteiger partial charge in [-0.2, -0.15) is 0 Å². The Morgan fingerprint density at radius 2 is 1.67 bits per heavy atom. The fraction of sp³-hybridized carbons (Fsp3) is 0.375. The number of para-hydroxylation sites is 1. The summed E-state index contributed by atoms with van der Waals surface area (Å²) in [4.78, 5) is 7.24. The van der Waals surface area contributed by atoms with Crippen molar-refractivity contribution in [2.24, 2.45) is 5.92 Å². The molecule has 0 aliphatic carbocycles. The highest BCUT2D eigenvalue weighted by molar-refractivity contribution is 5.82. The highest BCUT2D eigenvalue weighted by Crippen LogP contribution is 2.26. The molecule has 1 aliphatic rings. The topological polar surface area (TPSA) is 36.4 Å². The van der Waals surface area contributed by atoms with Gasteiger partial charge in [-0.1, -0.05) is 42.5 Å². The van der Waals surface area contributed by atoms with E-state index >= 15 is 0 Å². The zero-order valence-electron chi connectivity index (χ0n) is 16.1. The van der Waals surface area contributed by atoms with Crippen LogP contribution in [0.1, 0.15) is 35.2 Å². The molecule has 1 N–H and O–H groups in total. The molecule has 1 saturated heterocycles. The summed E-state index contributed by atoms with van der Waals surface area (Å²) in [5.74, 6) is 0.713. The minimum absolute atomic E-state index is 0.142.